The molecule has 3 nitrogen and oxygen atoms in total. The first-order chi connectivity index (χ1) is 8.28. The van der Waals surface area contributed by atoms with Crippen molar-refractivity contribution in [3.63, 3.8) is 0 Å². The van der Waals surface area contributed by atoms with Crippen LogP contribution in [0.3, 0.4) is 0 Å². The zero-order chi connectivity index (χ0) is 13.9. The molecule has 1 aromatic carbocycles. The molecule has 0 aliphatic rings. The van der Waals surface area contributed by atoms with Gasteiger partial charge in [-0.15, -0.1) is 0 Å². The van der Waals surface area contributed by atoms with Crippen molar-refractivity contribution in [3.05, 3.63) is 27.7 Å². The van der Waals surface area contributed by atoms with Gasteiger partial charge in [-0.05, 0) is 38.5 Å². The van der Waals surface area contributed by atoms with Crippen molar-refractivity contribution in [1.82, 2.24) is 0 Å². The van der Waals surface area contributed by atoms with Gasteiger partial charge in [-0.25, -0.2) is 4.79 Å². The quantitative estimate of drug-likeness (QED) is 0.579. The number of benzene rings is 1. The van der Waals surface area contributed by atoms with Crippen LogP contribution in [0.4, 0.5) is 0 Å². The first kappa shape index (κ1) is 15.5. The summed E-state index contributed by atoms with van der Waals surface area (Å²) in [6.07, 6.45) is 0. The highest BCUT2D eigenvalue weighted by molar-refractivity contribution is 9.10. The third-order valence-corrected chi connectivity index (χ3v) is 3.43. The lowest BCUT2D eigenvalue weighted by Crippen LogP contribution is -2.24. The first-order valence-electron chi connectivity index (χ1n) is 5.44. The van der Waals surface area contributed by atoms with Gasteiger partial charge in [0.05, 0.1) is 12.7 Å². The largest absolute Gasteiger partial charge is 0.497 e. The molecule has 1 aromatic rings. The van der Waals surface area contributed by atoms with Crippen molar-refractivity contribution >= 4 is 37.8 Å². The molecule has 0 atom stereocenters. The van der Waals surface area contributed by atoms with E-state index in [0.29, 0.717) is 16.6 Å². The SMILES string of the molecule is COc1cc(Br)c(CBr)c(C(=O)OC(C)(C)C)c1. The van der Waals surface area contributed by atoms with Gasteiger partial charge in [0, 0.05) is 9.80 Å². The summed E-state index contributed by atoms with van der Waals surface area (Å²) in [7, 11) is 1.56. The van der Waals surface area contributed by atoms with Crippen LogP contribution in [0.5, 0.6) is 5.75 Å². The van der Waals surface area contributed by atoms with Crippen molar-refractivity contribution in [2.24, 2.45) is 0 Å². The topological polar surface area (TPSA) is 35.5 Å². The van der Waals surface area contributed by atoms with Crippen molar-refractivity contribution in [1.29, 1.82) is 0 Å². The van der Waals surface area contributed by atoms with Crippen LogP contribution in [-0.2, 0) is 10.1 Å². The summed E-state index contributed by atoms with van der Waals surface area (Å²) in [6, 6.07) is 3.51. The van der Waals surface area contributed by atoms with Gasteiger partial charge in [0.25, 0.3) is 0 Å². The fourth-order valence-electron chi connectivity index (χ4n) is 1.38. The first-order valence-corrected chi connectivity index (χ1v) is 7.35. The second kappa shape index (κ2) is 6.06. The molecule has 0 aromatic heterocycles. The van der Waals surface area contributed by atoms with Crippen LogP contribution in [0.15, 0.2) is 16.6 Å². The molecule has 1 rings (SSSR count). The van der Waals surface area contributed by atoms with E-state index in [-0.39, 0.29) is 5.97 Å². The highest BCUT2D eigenvalue weighted by Crippen LogP contribution is 2.30. The summed E-state index contributed by atoms with van der Waals surface area (Å²) >= 11 is 6.80. The van der Waals surface area contributed by atoms with Crippen molar-refractivity contribution in [2.75, 3.05) is 7.11 Å². The van der Waals surface area contributed by atoms with Crippen LogP contribution in [0.2, 0.25) is 0 Å². The number of hydrogen-bond acceptors (Lipinski definition) is 3. The maximum Gasteiger partial charge on any atom is 0.339 e. The summed E-state index contributed by atoms with van der Waals surface area (Å²) in [4.78, 5) is 12.1. The van der Waals surface area contributed by atoms with Crippen LogP contribution in [0.1, 0.15) is 36.7 Å². The van der Waals surface area contributed by atoms with E-state index in [1.165, 1.54) is 0 Å². The number of halogens is 2. The summed E-state index contributed by atoms with van der Waals surface area (Å²) in [5.74, 6) is 0.268. The predicted molar refractivity (Wildman–Crippen MR) is 78.5 cm³/mol. The molecule has 0 spiro atoms. The maximum atomic E-state index is 12.1. The Kier molecular flexibility index (Phi) is 5.22. The average Bonchev–Trinajstić information content (AvgIpc) is 2.25. The highest BCUT2D eigenvalue weighted by Gasteiger charge is 2.22. The third-order valence-electron chi connectivity index (χ3n) is 2.16. The molecule has 0 amide bonds. The zero-order valence-corrected chi connectivity index (χ0v) is 14.0. The minimum Gasteiger partial charge on any atom is -0.497 e. The molecule has 18 heavy (non-hydrogen) atoms. The van der Waals surface area contributed by atoms with E-state index in [2.05, 4.69) is 31.9 Å². The molecule has 0 saturated heterocycles. The fraction of sp³-hybridized carbons (Fsp3) is 0.462. The molecule has 0 radical (unpaired) electrons. The number of ether oxygens (including phenoxy) is 2. The van der Waals surface area contributed by atoms with Gasteiger partial charge in [0.2, 0.25) is 0 Å². The fourth-order valence-corrected chi connectivity index (χ4v) is 2.94. The Morgan fingerprint density at radius 3 is 2.39 bits per heavy atom. The third kappa shape index (κ3) is 3.99. The molecule has 0 aliphatic heterocycles. The Hall–Kier alpha value is -0.550. The second-order valence-electron chi connectivity index (χ2n) is 4.77. The molecule has 0 N–H and O–H groups in total. The van der Waals surface area contributed by atoms with Gasteiger partial charge < -0.3 is 9.47 Å². The highest BCUT2D eigenvalue weighted by atomic mass is 79.9. The average molecular weight is 380 g/mol. The van der Waals surface area contributed by atoms with Crippen LogP contribution in [0, 0.1) is 0 Å². The molecule has 0 unspecified atom stereocenters. The van der Waals surface area contributed by atoms with Gasteiger partial charge in [-0.1, -0.05) is 31.9 Å². The summed E-state index contributed by atoms with van der Waals surface area (Å²) in [5, 5.41) is 0.562. The number of rotatable bonds is 3. The van der Waals surface area contributed by atoms with Gasteiger partial charge in [0.15, 0.2) is 0 Å². The molecule has 100 valence electrons. The zero-order valence-electron chi connectivity index (χ0n) is 10.8. The van der Waals surface area contributed by atoms with E-state index in [1.54, 1.807) is 13.2 Å². The molecule has 0 aliphatic carbocycles. The van der Waals surface area contributed by atoms with E-state index in [0.717, 1.165) is 10.0 Å². The van der Waals surface area contributed by atoms with Crippen molar-refractivity contribution in [2.45, 2.75) is 31.7 Å². The Morgan fingerprint density at radius 1 is 1.33 bits per heavy atom. The van der Waals surface area contributed by atoms with Crippen LogP contribution in [0.25, 0.3) is 0 Å². The molecule has 0 fully saturated rings. The molecular weight excluding hydrogens is 364 g/mol. The van der Waals surface area contributed by atoms with Crippen LogP contribution in [-0.4, -0.2) is 18.7 Å². The normalized spacial score (nSPS) is 11.2. The van der Waals surface area contributed by atoms with Crippen molar-refractivity contribution in [3.8, 4) is 5.75 Å². The Labute approximate surface area is 124 Å². The van der Waals surface area contributed by atoms with Crippen molar-refractivity contribution < 1.29 is 14.3 Å². The number of methoxy groups -OCH3 is 1. The molecule has 0 heterocycles. The Balaban J connectivity index is 3.21. The number of alkyl halides is 1. The Morgan fingerprint density at radius 2 is 1.94 bits per heavy atom. The van der Waals surface area contributed by atoms with E-state index in [9.17, 15) is 4.79 Å². The molecule has 5 heteroatoms. The minimum absolute atomic E-state index is 0.350. The maximum absolute atomic E-state index is 12.1. The molecule has 0 saturated carbocycles. The van der Waals surface area contributed by atoms with Crippen LogP contribution < -0.4 is 4.74 Å². The number of hydrogen-bond donors (Lipinski definition) is 0. The lowest BCUT2D eigenvalue weighted by Gasteiger charge is -2.21. The standard InChI is InChI=1S/C13H16Br2O3/c1-13(2,3)18-12(16)9-5-8(17-4)6-11(15)10(9)7-14/h5-6H,7H2,1-4H3. The molecular formula is C13H16Br2O3. The lowest BCUT2D eigenvalue weighted by atomic mass is 10.1. The van der Waals surface area contributed by atoms with Crippen LogP contribution >= 0.6 is 31.9 Å². The smallest absolute Gasteiger partial charge is 0.339 e. The van der Waals surface area contributed by atoms with Gasteiger partial charge >= 0.3 is 5.97 Å². The minimum atomic E-state index is -0.518. The second-order valence-corrected chi connectivity index (χ2v) is 6.19. The molecule has 0 bridgehead atoms. The predicted octanol–water partition coefficient (Wildman–Crippen LogP) is 4.31. The summed E-state index contributed by atoms with van der Waals surface area (Å²) in [6.45, 7) is 5.52. The Bertz CT molecular complexity index is 450. The van der Waals surface area contributed by atoms with E-state index >= 15 is 0 Å². The van der Waals surface area contributed by atoms with E-state index in [4.69, 9.17) is 9.47 Å². The number of carbonyl (C=O) groups is 1. The monoisotopic (exact) mass is 378 g/mol. The summed E-state index contributed by atoms with van der Waals surface area (Å²) < 4.78 is 11.4. The number of esters is 1. The van der Waals surface area contributed by atoms with Gasteiger partial charge in [0.1, 0.15) is 11.4 Å². The van der Waals surface area contributed by atoms with E-state index in [1.807, 2.05) is 26.8 Å². The van der Waals surface area contributed by atoms with Gasteiger partial charge in [-0.3, -0.25) is 0 Å². The lowest BCUT2D eigenvalue weighted by molar-refractivity contribution is 0.00682. The van der Waals surface area contributed by atoms with E-state index < -0.39 is 5.60 Å². The summed E-state index contributed by atoms with van der Waals surface area (Å²) in [5.41, 5.74) is 0.842. The number of carbonyl (C=O) groups excluding carboxylic acids is 1. The van der Waals surface area contributed by atoms with Gasteiger partial charge in [-0.2, -0.15) is 0 Å².